The zero-order valence-electron chi connectivity index (χ0n) is 9.43. The number of benzene rings is 1. The Morgan fingerprint density at radius 3 is 2.27 bits per heavy atom. The van der Waals surface area contributed by atoms with Crippen LogP contribution in [0.25, 0.3) is 0 Å². The van der Waals surface area contributed by atoms with E-state index >= 15 is 0 Å². The van der Waals surface area contributed by atoms with Crippen molar-refractivity contribution in [2.45, 2.75) is 26.4 Å². The van der Waals surface area contributed by atoms with Gasteiger partial charge < -0.3 is 9.84 Å². The quantitative estimate of drug-likeness (QED) is 0.829. The fraction of sp³-hybridized carbons (Fsp3) is 0.417. The molecule has 0 aliphatic rings. The molecule has 0 radical (unpaired) electrons. The Balaban J connectivity index is 0.000000921. The summed E-state index contributed by atoms with van der Waals surface area (Å²) in [6.07, 6.45) is -0.338. The lowest BCUT2D eigenvalue weighted by atomic mass is 10.1. The molecule has 0 heterocycles. The van der Waals surface area contributed by atoms with Gasteiger partial charge in [-0.3, -0.25) is 0 Å². The normalized spacial score (nSPS) is 11.1. The number of rotatable bonds is 4. The van der Waals surface area contributed by atoms with E-state index in [1.54, 1.807) is 0 Å². The van der Waals surface area contributed by atoms with Crippen LogP contribution < -0.4 is 0 Å². The lowest BCUT2D eigenvalue weighted by Crippen LogP contribution is -2.24. The molecular weight excluding hydrogens is 192 g/mol. The largest absolute Gasteiger partial charge is 0.479 e. The van der Waals surface area contributed by atoms with Crippen LogP contribution in [-0.4, -0.2) is 24.3 Å². The van der Waals surface area contributed by atoms with Crippen LogP contribution in [0.3, 0.4) is 0 Å². The maximum absolute atomic E-state index is 10.6. The van der Waals surface area contributed by atoms with Crippen molar-refractivity contribution in [3.63, 3.8) is 0 Å². The summed E-state index contributed by atoms with van der Waals surface area (Å²) < 4.78 is 4.82. The Morgan fingerprint density at radius 2 is 1.87 bits per heavy atom. The third-order valence-corrected chi connectivity index (χ3v) is 1.82. The first-order valence-corrected chi connectivity index (χ1v) is 5.03. The van der Waals surface area contributed by atoms with Crippen molar-refractivity contribution < 1.29 is 14.6 Å². The summed E-state index contributed by atoms with van der Waals surface area (Å²) in [6, 6.07) is 9.42. The summed E-state index contributed by atoms with van der Waals surface area (Å²) in [4.78, 5) is 10.6. The number of aliphatic carboxylic acids is 1. The Morgan fingerprint density at radius 1 is 1.33 bits per heavy atom. The van der Waals surface area contributed by atoms with Crippen molar-refractivity contribution in [3.05, 3.63) is 35.9 Å². The maximum Gasteiger partial charge on any atom is 0.333 e. The van der Waals surface area contributed by atoms with Gasteiger partial charge in [0, 0.05) is 13.5 Å². The highest BCUT2D eigenvalue weighted by Crippen LogP contribution is 2.05. The molecule has 0 aromatic heterocycles. The summed E-state index contributed by atoms with van der Waals surface area (Å²) in [5.41, 5.74) is 0.969. The molecule has 3 heteroatoms. The molecule has 0 bridgehead atoms. The topological polar surface area (TPSA) is 46.5 Å². The highest BCUT2D eigenvalue weighted by atomic mass is 16.5. The predicted octanol–water partition coefficient (Wildman–Crippen LogP) is 2.35. The third-order valence-electron chi connectivity index (χ3n) is 1.82. The number of hydrogen-bond donors (Lipinski definition) is 1. The van der Waals surface area contributed by atoms with Gasteiger partial charge in [-0.1, -0.05) is 44.2 Å². The molecule has 84 valence electrons. The minimum Gasteiger partial charge on any atom is -0.479 e. The van der Waals surface area contributed by atoms with Crippen LogP contribution in [0.5, 0.6) is 0 Å². The Kier molecular flexibility index (Phi) is 7.28. The number of ether oxygens (including phenoxy) is 1. The van der Waals surface area contributed by atoms with Crippen molar-refractivity contribution in [2.75, 3.05) is 7.11 Å². The molecule has 1 aromatic carbocycles. The first-order valence-electron chi connectivity index (χ1n) is 5.03. The van der Waals surface area contributed by atoms with Gasteiger partial charge in [-0.15, -0.1) is 0 Å². The highest BCUT2D eigenvalue weighted by Gasteiger charge is 2.16. The van der Waals surface area contributed by atoms with Gasteiger partial charge in [0.1, 0.15) is 0 Å². The summed E-state index contributed by atoms with van der Waals surface area (Å²) in [7, 11) is 1.40. The molecule has 1 unspecified atom stereocenters. The van der Waals surface area contributed by atoms with Crippen molar-refractivity contribution in [1.82, 2.24) is 0 Å². The van der Waals surface area contributed by atoms with Crippen molar-refractivity contribution >= 4 is 5.97 Å². The van der Waals surface area contributed by atoms with Gasteiger partial charge >= 0.3 is 5.97 Å². The molecule has 0 spiro atoms. The SMILES string of the molecule is CC.COC(Cc1ccccc1)C(=O)O. The number of hydrogen-bond acceptors (Lipinski definition) is 2. The second kappa shape index (κ2) is 8.00. The number of carboxylic acid groups (broad SMARTS) is 1. The summed E-state index contributed by atoms with van der Waals surface area (Å²) >= 11 is 0. The predicted molar refractivity (Wildman–Crippen MR) is 59.9 cm³/mol. The molecule has 0 aliphatic carbocycles. The van der Waals surface area contributed by atoms with E-state index in [9.17, 15) is 4.79 Å². The van der Waals surface area contributed by atoms with Gasteiger partial charge in [-0.05, 0) is 5.56 Å². The van der Waals surface area contributed by atoms with Crippen LogP contribution in [0, 0.1) is 0 Å². The average molecular weight is 210 g/mol. The second-order valence-electron chi connectivity index (χ2n) is 2.75. The Hall–Kier alpha value is -1.35. The fourth-order valence-electron chi connectivity index (χ4n) is 1.10. The molecule has 0 aliphatic heterocycles. The van der Waals surface area contributed by atoms with E-state index < -0.39 is 12.1 Å². The van der Waals surface area contributed by atoms with E-state index in [2.05, 4.69) is 0 Å². The van der Waals surface area contributed by atoms with Crippen molar-refractivity contribution in [1.29, 1.82) is 0 Å². The zero-order chi connectivity index (χ0) is 11.7. The fourth-order valence-corrected chi connectivity index (χ4v) is 1.10. The number of carbonyl (C=O) groups is 1. The third kappa shape index (κ3) is 5.18. The minimum absolute atomic E-state index is 0.409. The molecule has 0 saturated carbocycles. The second-order valence-corrected chi connectivity index (χ2v) is 2.75. The van der Waals surface area contributed by atoms with E-state index in [-0.39, 0.29) is 0 Å². The van der Waals surface area contributed by atoms with Crippen LogP contribution in [0.4, 0.5) is 0 Å². The molecule has 0 amide bonds. The molecule has 15 heavy (non-hydrogen) atoms. The molecule has 0 fully saturated rings. The van der Waals surface area contributed by atoms with Gasteiger partial charge in [-0.2, -0.15) is 0 Å². The monoisotopic (exact) mass is 210 g/mol. The van der Waals surface area contributed by atoms with Crippen LogP contribution in [0.15, 0.2) is 30.3 Å². The first kappa shape index (κ1) is 13.7. The van der Waals surface area contributed by atoms with Crippen LogP contribution in [0.2, 0.25) is 0 Å². The van der Waals surface area contributed by atoms with E-state index in [1.165, 1.54) is 7.11 Å². The van der Waals surface area contributed by atoms with E-state index in [1.807, 2.05) is 44.2 Å². The lowest BCUT2D eigenvalue weighted by Gasteiger charge is -2.09. The standard InChI is InChI=1S/C10H12O3.C2H6/c1-13-9(10(11)12)7-8-5-3-2-4-6-8;1-2/h2-6,9H,7H2,1H3,(H,11,12);1-2H3. The van der Waals surface area contributed by atoms with Crippen LogP contribution in [-0.2, 0) is 16.0 Å². The van der Waals surface area contributed by atoms with Crippen LogP contribution in [0.1, 0.15) is 19.4 Å². The molecule has 1 atom stereocenters. The van der Waals surface area contributed by atoms with Gasteiger partial charge in [0.15, 0.2) is 6.10 Å². The molecule has 1 rings (SSSR count). The van der Waals surface area contributed by atoms with Crippen molar-refractivity contribution in [2.24, 2.45) is 0 Å². The van der Waals surface area contributed by atoms with Crippen molar-refractivity contribution in [3.8, 4) is 0 Å². The molecular formula is C12H18O3. The maximum atomic E-state index is 10.6. The van der Waals surface area contributed by atoms with Crippen LogP contribution >= 0.6 is 0 Å². The highest BCUT2D eigenvalue weighted by molar-refractivity contribution is 5.72. The van der Waals surface area contributed by atoms with E-state index in [0.29, 0.717) is 6.42 Å². The Bertz CT molecular complexity index is 269. The summed E-state index contributed by atoms with van der Waals surface area (Å²) in [5, 5.41) is 8.71. The molecule has 1 aromatic rings. The van der Waals surface area contributed by atoms with Gasteiger partial charge in [0.25, 0.3) is 0 Å². The van der Waals surface area contributed by atoms with Gasteiger partial charge in [0.2, 0.25) is 0 Å². The summed E-state index contributed by atoms with van der Waals surface area (Å²) in [5.74, 6) is -0.925. The smallest absolute Gasteiger partial charge is 0.333 e. The first-order chi connectivity index (χ1) is 7.24. The molecule has 1 N–H and O–H groups in total. The van der Waals surface area contributed by atoms with Gasteiger partial charge in [0.05, 0.1) is 0 Å². The zero-order valence-corrected chi connectivity index (χ0v) is 9.43. The van der Waals surface area contributed by atoms with E-state index in [4.69, 9.17) is 9.84 Å². The number of methoxy groups -OCH3 is 1. The van der Waals surface area contributed by atoms with Gasteiger partial charge in [-0.25, -0.2) is 4.79 Å². The average Bonchev–Trinajstić information content (AvgIpc) is 2.29. The molecule has 3 nitrogen and oxygen atoms in total. The summed E-state index contributed by atoms with van der Waals surface area (Å²) in [6.45, 7) is 4.00. The van der Waals surface area contributed by atoms with E-state index in [0.717, 1.165) is 5.56 Å². The lowest BCUT2D eigenvalue weighted by molar-refractivity contribution is -0.148. The Labute approximate surface area is 90.7 Å². The minimum atomic E-state index is -0.925. The molecule has 0 saturated heterocycles. The number of carboxylic acids is 1.